The van der Waals surface area contributed by atoms with E-state index in [1.54, 1.807) is 0 Å². The molecule has 4 nitrogen and oxygen atoms in total. The van der Waals surface area contributed by atoms with Gasteiger partial charge < -0.3 is 9.64 Å². The molecule has 118 valence electrons. The molecule has 1 unspecified atom stereocenters. The molecule has 0 aromatic heterocycles. The zero-order valence-electron chi connectivity index (χ0n) is 13.9. The van der Waals surface area contributed by atoms with Crippen LogP contribution in [0.5, 0.6) is 0 Å². The molecule has 1 atom stereocenters. The van der Waals surface area contributed by atoms with Gasteiger partial charge in [-0.15, -0.1) is 0 Å². The first-order chi connectivity index (χ1) is 9.41. The Balaban J connectivity index is 2.42. The van der Waals surface area contributed by atoms with Crippen molar-refractivity contribution in [3.8, 4) is 0 Å². The highest BCUT2D eigenvalue weighted by Crippen LogP contribution is 2.25. The van der Waals surface area contributed by atoms with E-state index >= 15 is 0 Å². The summed E-state index contributed by atoms with van der Waals surface area (Å²) in [6.45, 7) is 11.9. The predicted molar refractivity (Wildman–Crippen MR) is 82.8 cm³/mol. The molecule has 0 spiro atoms. The normalized spacial score (nSPS) is 18.4. The number of carbonyl (C=O) groups is 1. The maximum absolute atomic E-state index is 12.0. The second-order valence-corrected chi connectivity index (χ2v) is 6.63. The Hall–Kier alpha value is -0.610. The Kier molecular flexibility index (Phi) is 6.96. The van der Waals surface area contributed by atoms with Crippen molar-refractivity contribution in [1.29, 1.82) is 0 Å². The van der Waals surface area contributed by atoms with E-state index in [1.165, 1.54) is 20.0 Å². The number of esters is 1. The van der Waals surface area contributed by atoms with Gasteiger partial charge in [-0.2, -0.15) is 0 Å². The lowest BCUT2D eigenvalue weighted by Gasteiger charge is -2.30. The summed E-state index contributed by atoms with van der Waals surface area (Å²) in [4.78, 5) is 14.5. The summed E-state index contributed by atoms with van der Waals surface area (Å²) in [5.74, 6) is 0.558. The van der Waals surface area contributed by atoms with Gasteiger partial charge in [-0.3, -0.25) is 10.1 Å². The van der Waals surface area contributed by atoms with Crippen LogP contribution < -0.4 is 5.32 Å². The van der Waals surface area contributed by atoms with Gasteiger partial charge in [0.05, 0.1) is 7.11 Å². The molecule has 0 aromatic carbocycles. The second kappa shape index (κ2) is 7.99. The molecule has 0 heterocycles. The Morgan fingerprint density at radius 2 is 2.10 bits per heavy atom. The largest absolute Gasteiger partial charge is 0.468 e. The van der Waals surface area contributed by atoms with Crippen molar-refractivity contribution in [3.05, 3.63) is 0 Å². The van der Waals surface area contributed by atoms with Gasteiger partial charge in [0, 0.05) is 12.6 Å². The molecule has 20 heavy (non-hydrogen) atoms. The average Bonchev–Trinajstić information content (AvgIpc) is 3.19. The van der Waals surface area contributed by atoms with Crippen LogP contribution >= 0.6 is 0 Å². The van der Waals surface area contributed by atoms with Gasteiger partial charge in [0.15, 0.2) is 0 Å². The van der Waals surface area contributed by atoms with Crippen LogP contribution in [-0.2, 0) is 9.53 Å². The van der Waals surface area contributed by atoms with Crippen LogP contribution in [0.4, 0.5) is 0 Å². The van der Waals surface area contributed by atoms with E-state index in [2.05, 4.69) is 31.0 Å². The van der Waals surface area contributed by atoms with Gasteiger partial charge in [-0.1, -0.05) is 20.8 Å². The fourth-order valence-corrected chi connectivity index (χ4v) is 2.69. The molecule has 1 aliphatic carbocycles. The Labute approximate surface area is 124 Å². The molecule has 1 aliphatic rings. The highest BCUT2D eigenvalue weighted by molar-refractivity contribution is 5.80. The molecular weight excluding hydrogens is 252 g/mol. The molecule has 4 heteroatoms. The Morgan fingerprint density at radius 3 is 2.55 bits per heavy atom. The van der Waals surface area contributed by atoms with Gasteiger partial charge in [0.25, 0.3) is 0 Å². The fourth-order valence-electron chi connectivity index (χ4n) is 2.69. The molecule has 1 N–H and O–H groups in total. The predicted octanol–water partition coefficient (Wildman–Crippen LogP) is 2.43. The van der Waals surface area contributed by atoms with E-state index in [4.69, 9.17) is 4.74 Å². The topological polar surface area (TPSA) is 41.6 Å². The molecule has 1 fully saturated rings. The van der Waals surface area contributed by atoms with Crippen molar-refractivity contribution in [3.63, 3.8) is 0 Å². The van der Waals surface area contributed by atoms with Crippen molar-refractivity contribution in [2.24, 2.45) is 5.92 Å². The number of hydrogen-bond donors (Lipinski definition) is 1. The monoisotopic (exact) mass is 284 g/mol. The molecule has 0 aromatic rings. The van der Waals surface area contributed by atoms with Gasteiger partial charge in [0.2, 0.25) is 0 Å². The Morgan fingerprint density at radius 1 is 1.45 bits per heavy atom. The number of ether oxygens (including phenoxy) is 1. The van der Waals surface area contributed by atoms with Crippen molar-refractivity contribution in [1.82, 2.24) is 10.2 Å². The first kappa shape index (κ1) is 17.4. The summed E-state index contributed by atoms with van der Waals surface area (Å²) in [7, 11) is 1.48. The first-order valence-electron chi connectivity index (χ1n) is 7.99. The minimum atomic E-state index is -0.521. The van der Waals surface area contributed by atoms with Crippen LogP contribution in [0.3, 0.4) is 0 Å². The summed E-state index contributed by atoms with van der Waals surface area (Å²) in [5.41, 5.74) is -0.521. The van der Waals surface area contributed by atoms with E-state index in [0.717, 1.165) is 32.5 Å². The molecular formula is C16H32N2O2. The lowest BCUT2D eigenvalue weighted by atomic mass is 9.95. The molecule has 0 saturated heterocycles. The SMILES string of the molecule is CCN(CCCC(C)(NC1CC1)C(=O)OC)CC(C)C. The van der Waals surface area contributed by atoms with Gasteiger partial charge in [-0.05, 0) is 51.6 Å². The Bertz CT molecular complexity index is 303. The number of carbonyl (C=O) groups excluding carboxylic acids is 1. The van der Waals surface area contributed by atoms with E-state index in [9.17, 15) is 4.79 Å². The van der Waals surface area contributed by atoms with Crippen molar-refractivity contribution in [2.75, 3.05) is 26.7 Å². The van der Waals surface area contributed by atoms with Crippen LogP contribution in [0.25, 0.3) is 0 Å². The van der Waals surface area contributed by atoms with Crippen molar-refractivity contribution in [2.45, 2.75) is 65.0 Å². The maximum Gasteiger partial charge on any atom is 0.325 e. The standard InChI is InChI=1S/C16H32N2O2/c1-6-18(12-13(2)3)11-7-10-16(4,15(19)20-5)17-14-8-9-14/h13-14,17H,6-12H2,1-5H3. The minimum Gasteiger partial charge on any atom is -0.468 e. The summed E-state index contributed by atoms with van der Waals surface area (Å²) in [6, 6.07) is 0.511. The van der Waals surface area contributed by atoms with Gasteiger partial charge >= 0.3 is 5.97 Å². The van der Waals surface area contributed by atoms with Crippen LogP contribution in [-0.4, -0.2) is 49.2 Å². The number of nitrogens with zero attached hydrogens (tertiary/aromatic N) is 1. The lowest BCUT2D eigenvalue weighted by Crippen LogP contribution is -2.51. The first-order valence-corrected chi connectivity index (χ1v) is 7.99. The van der Waals surface area contributed by atoms with Gasteiger partial charge in [0.1, 0.15) is 5.54 Å². The summed E-state index contributed by atoms with van der Waals surface area (Å²) in [6.07, 6.45) is 4.22. The molecule has 0 bridgehead atoms. The molecule has 0 aliphatic heterocycles. The molecule has 0 amide bonds. The van der Waals surface area contributed by atoms with Crippen LogP contribution in [0, 0.1) is 5.92 Å². The number of hydrogen-bond acceptors (Lipinski definition) is 4. The zero-order chi connectivity index (χ0) is 15.2. The minimum absolute atomic E-state index is 0.128. The highest BCUT2D eigenvalue weighted by atomic mass is 16.5. The van der Waals surface area contributed by atoms with E-state index < -0.39 is 5.54 Å². The molecule has 1 saturated carbocycles. The third kappa shape index (κ3) is 5.80. The number of nitrogens with one attached hydrogen (secondary N) is 1. The second-order valence-electron chi connectivity index (χ2n) is 6.63. The third-order valence-electron chi connectivity index (χ3n) is 3.96. The van der Waals surface area contributed by atoms with E-state index in [1.807, 2.05) is 6.92 Å². The number of methoxy groups -OCH3 is 1. The van der Waals surface area contributed by atoms with Crippen molar-refractivity contribution >= 4 is 5.97 Å². The number of rotatable bonds is 10. The van der Waals surface area contributed by atoms with Crippen molar-refractivity contribution < 1.29 is 9.53 Å². The quantitative estimate of drug-likeness (QED) is 0.626. The molecule has 0 radical (unpaired) electrons. The van der Waals surface area contributed by atoms with Crippen LogP contribution in [0.15, 0.2) is 0 Å². The smallest absolute Gasteiger partial charge is 0.325 e. The van der Waals surface area contributed by atoms with E-state index in [-0.39, 0.29) is 5.97 Å². The third-order valence-corrected chi connectivity index (χ3v) is 3.96. The van der Waals surface area contributed by atoms with Gasteiger partial charge in [-0.25, -0.2) is 0 Å². The highest BCUT2D eigenvalue weighted by Gasteiger charge is 2.38. The summed E-state index contributed by atoms with van der Waals surface area (Å²) >= 11 is 0. The van der Waals surface area contributed by atoms with E-state index in [0.29, 0.717) is 12.0 Å². The summed E-state index contributed by atoms with van der Waals surface area (Å²) in [5, 5.41) is 3.46. The average molecular weight is 284 g/mol. The fraction of sp³-hybridized carbons (Fsp3) is 0.938. The maximum atomic E-state index is 12.0. The van der Waals surface area contributed by atoms with Crippen LogP contribution in [0.2, 0.25) is 0 Å². The molecule has 1 rings (SSSR count). The van der Waals surface area contributed by atoms with Crippen LogP contribution in [0.1, 0.15) is 53.4 Å². The lowest BCUT2D eigenvalue weighted by molar-refractivity contribution is -0.148. The summed E-state index contributed by atoms with van der Waals surface area (Å²) < 4.78 is 4.98. The zero-order valence-corrected chi connectivity index (χ0v) is 13.9.